The molecule has 0 bridgehead atoms. The number of aliphatic hydroxyl groups is 1. The topological polar surface area (TPSA) is 101 Å². The van der Waals surface area contributed by atoms with Crippen molar-refractivity contribution in [3.8, 4) is 5.69 Å². The lowest BCUT2D eigenvalue weighted by Gasteiger charge is -2.35. The monoisotopic (exact) mass is 601 g/mol. The van der Waals surface area contributed by atoms with Crippen molar-refractivity contribution in [2.75, 3.05) is 12.8 Å². The number of nitrogens with zero attached hydrogens (tertiary/aromatic N) is 2. The van der Waals surface area contributed by atoms with Gasteiger partial charge in [0.1, 0.15) is 27.2 Å². The standard InChI is InChI=1S/C25H30F7N3O4S/c1-4-20-34-21(22(36)33-13-23(37)9-7-16(8-10-23)40(3,38)39)14(2)35(20)18-6-5-15(11-17(18)26)12-19(24(27,28)29)25(30,31)32/h5-6,11,16,19,37H,4,7-10,12-13H2,1-3H3,(H,33,36). The van der Waals surface area contributed by atoms with Crippen molar-refractivity contribution in [1.82, 2.24) is 14.9 Å². The molecular formula is C25H30F7N3O4S. The highest BCUT2D eigenvalue weighted by Gasteiger charge is 2.56. The van der Waals surface area contributed by atoms with E-state index in [1.807, 2.05) is 0 Å². The number of halogens is 7. The molecule has 1 aromatic carbocycles. The molecule has 2 aromatic rings. The van der Waals surface area contributed by atoms with E-state index in [1.54, 1.807) is 6.92 Å². The van der Waals surface area contributed by atoms with Crippen molar-refractivity contribution >= 4 is 15.7 Å². The zero-order valence-electron chi connectivity index (χ0n) is 22.0. The van der Waals surface area contributed by atoms with Crippen LogP contribution in [0, 0.1) is 18.7 Å². The molecule has 1 aliphatic rings. The second-order valence-corrected chi connectivity index (χ2v) is 12.5. The van der Waals surface area contributed by atoms with Gasteiger partial charge in [-0.2, -0.15) is 26.3 Å². The fraction of sp³-hybridized carbons (Fsp3) is 0.600. The first kappa shape index (κ1) is 31.8. The van der Waals surface area contributed by atoms with E-state index in [0.29, 0.717) is 6.07 Å². The summed E-state index contributed by atoms with van der Waals surface area (Å²) < 4.78 is 117. The molecule has 1 fully saturated rings. The normalized spacial score (nSPS) is 20.6. The van der Waals surface area contributed by atoms with Crippen molar-refractivity contribution in [3.63, 3.8) is 0 Å². The average Bonchev–Trinajstić information content (AvgIpc) is 3.15. The number of rotatable bonds is 8. The summed E-state index contributed by atoms with van der Waals surface area (Å²) in [5.74, 6) is -5.23. The third-order valence-corrected chi connectivity index (χ3v) is 8.92. The minimum Gasteiger partial charge on any atom is -0.388 e. The average molecular weight is 602 g/mol. The lowest BCUT2D eigenvalue weighted by molar-refractivity contribution is -0.283. The zero-order chi connectivity index (χ0) is 30.3. The number of sulfone groups is 1. The number of hydrogen-bond donors (Lipinski definition) is 2. The predicted molar refractivity (Wildman–Crippen MR) is 131 cm³/mol. The second kappa shape index (κ2) is 11.3. The van der Waals surface area contributed by atoms with Crippen LogP contribution in [0.15, 0.2) is 18.2 Å². The number of carbonyl (C=O) groups excluding carboxylic acids is 1. The second-order valence-electron chi connectivity index (χ2n) is 10.2. The van der Waals surface area contributed by atoms with E-state index in [-0.39, 0.29) is 61.5 Å². The number of amides is 1. The maximum Gasteiger partial charge on any atom is 0.400 e. The first-order valence-corrected chi connectivity index (χ1v) is 14.4. The Bertz CT molecular complexity index is 1330. The fourth-order valence-corrected chi connectivity index (χ4v) is 6.00. The Morgan fingerprint density at radius 1 is 1.18 bits per heavy atom. The highest BCUT2D eigenvalue weighted by molar-refractivity contribution is 7.91. The van der Waals surface area contributed by atoms with Gasteiger partial charge in [0.15, 0.2) is 5.92 Å². The zero-order valence-corrected chi connectivity index (χ0v) is 22.8. The lowest BCUT2D eigenvalue weighted by atomic mass is 9.84. The summed E-state index contributed by atoms with van der Waals surface area (Å²) in [6, 6.07) is 2.59. The highest BCUT2D eigenvalue weighted by atomic mass is 32.2. The predicted octanol–water partition coefficient (Wildman–Crippen LogP) is 4.61. The molecule has 0 atom stereocenters. The summed E-state index contributed by atoms with van der Waals surface area (Å²) in [5.41, 5.74) is -1.99. The quantitative estimate of drug-likeness (QED) is 0.431. The summed E-state index contributed by atoms with van der Waals surface area (Å²) in [6.07, 6.45) is -10.5. The van der Waals surface area contributed by atoms with Crippen molar-refractivity contribution in [1.29, 1.82) is 0 Å². The molecule has 3 rings (SSSR count). The van der Waals surface area contributed by atoms with Gasteiger partial charge >= 0.3 is 12.4 Å². The van der Waals surface area contributed by atoms with Crippen LogP contribution in [0.1, 0.15) is 60.2 Å². The number of carbonyl (C=O) groups is 1. The molecule has 1 aromatic heterocycles. The molecule has 7 nitrogen and oxygen atoms in total. The maximum atomic E-state index is 15.1. The minimum absolute atomic E-state index is 0.108. The van der Waals surface area contributed by atoms with Crippen LogP contribution in [-0.4, -0.2) is 65.0 Å². The van der Waals surface area contributed by atoms with Crippen LogP contribution in [0.5, 0.6) is 0 Å². The van der Waals surface area contributed by atoms with Crippen LogP contribution in [0.3, 0.4) is 0 Å². The largest absolute Gasteiger partial charge is 0.400 e. The van der Waals surface area contributed by atoms with Crippen LogP contribution < -0.4 is 5.32 Å². The number of alkyl halides is 6. The fourth-order valence-electron chi connectivity index (χ4n) is 4.90. The summed E-state index contributed by atoms with van der Waals surface area (Å²) >= 11 is 0. The van der Waals surface area contributed by atoms with E-state index in [9.17, 15) is 44.7 Å². The molecule has 0 spiro atoms. The van der Waals surface area contributed by atoms with Gasteiger partial charge in [0.05, 0.1) is 22.2 Å². The summed E-state index contributed by atoms with van der Waals surface area (Å²) in [7, 11) is -3.25. The van der Waals surface area contributed by atoms with Gasteiger partial charge in [-0.1, -0.05) is 13.0 Å². The van der Waals surface area contributed by atoms with Gasteiger partial charge in [0.25, 0.3) is 5.91 Å². The van der Waals surface area contributed by atoms with Gasteiger partial charge in [-0.25, -0.2) is 17.8 Å². The van der Waals surface area contributed by atoms with Gasteiger partial charge in [0.2, 0.25) is 0 Å². The van der Waals surface area contributed by atoms with E-state index in [0.717, 1.165) is 18.4 Å². The van der Waals surface area contributed by atoms with Crippen molar-refractivity contribution in [3.05, 3.63) is 46.8 Å². The number of benzene rings is 1. The smallest absolute Gasteiger partial charge is 0.388 e. The molecule has 1 heterocycles. The third kappa shape index (κ3) is 7.14. The lowest BCUT2D eigenvalue weighted by Crippen LogP contribution is -2.47. The Labute approximate surface area is 226 Å². The van der Waals surface area contributed by atoms with Gasteiger partial charge in [-0.3, -0.25) is 9.36 Å². The van der Waals surface area contributed by atoms with E-state index < -0.39 is 62.7 Å². The highest BCUT2D eigenvalue weighted by Crippen LogP contribution is 2.41. The SMILES string of the molecule is CCc1nc(C(=O)NCC2(O)CCC(S(C)(=O)=O)CC2)c(C)n1-c1ccc(CC(C(F)(F)F)C(F)(F)F)cc1F. The van der Waals surface area contributed by atoms with Gasteiger partial charge < -0.3 is 10.4 Å². The summed E-state index contributed by atoms with van der Waals surface area (Å²) in [6.45, 7) is 2.93. The Morgan fingerprint density at radius 2 is 1.75 bits per heavy atom. The first-order valence-electron chi connectivity index (χ1n) is 12.5. The van der Waals surface area contributed by atoms with Gasteiger partial charge in [-0.05, 0) is 56.7 Å². The van der Waals surface area contributed by atoms with Crippen LogP contribution in [-0.2, 0) is 22.7 Å². The third-order valence-electron chi connectivity index (χ3n) is 7.24. The molecule has 0 unspecified atom stereocenters. The van der Waals surface area contributed by atoms with Crippen molar-refractivity contribution < 1.29 is 49.1 Å². The molecule has 0 saturated heterocycles. The van der Waals surface area contributed by atoms with E-state index in [2.05, 4.69) is 10.3 Å². The number of hydrogen-bond acceptors (Lipinski definition) is 5. The number of aryl methyl sites for hydroxylation is 1. The Morgan fingerprint density at radius 3 is 2.23 bits per heavy atom. The summed E-state index contributed by atoms with van der Waals surface area (Å²) in [4.78, 5) is 17.2. The molecule has 224 valence electrons. The van der Waals surface area contributed by atoms with Crippen LogP contribution in [0.4, 0.5) is 30.7 Å². The molecule has 15 heteroatoms. The summed E-state index contributed by atoms with van der Waals surface area (Å²) in [5, 5.41) is 12.8. The molecule has 1 aliphatic carbocycles. The minimum atomic E-state index is -5.56. The first-order chi connectivity index (χ1) is 18.3. The number of nitrogens with one attached hydrogen (secondary N) is 1. The Kier molecular flexibility index (Phi) is 9.00. The van der Waals surface area contributed by atoms with Crippen LogP contribution in [0.2, 0.25) is 0 Å². The molecule has 0 radical (unpaired) electrons. The van der Waals surface area contributed by atoms with Crippen molar-refractivity contribution in [2.45, 2.75) is 75.6 Å². The Balaban J connectivity index is 1.81. The molecular weight excluding hydrogens is 571 g/mol. The Hall–Kier alpha value is -2.68. The van der Waals surface area contributed by atoms with Crippen LogP contribution >= 0.6 is 0 Å². The molecule has 1 saturated carbocycles. The molecule has 0 aliphatic heterocycles. The van der Waals surface area contributed by atoms with Crippen LogP contribution in [0.25, 0.3) is 5.69 Å². The van der Waals surface area contributed by atoms with E-state index >= 15 is 4.39 Å². The van der Waals surface area contributed by atoms with Gasteiger partial charge in [0, 0.05) is 19.2 Å². The molecule has 40 heavy (non-hydrogen) atoms. The maximum absolute atomic E-state index is 15.1. The van der Waals surface area contributed by atoms with Crippen molar-refractivity contribution in [2.24, 2.45) is 5.92 Å². The number of imidazole rings is 1. The number of aromatic nitrogens is 2. The molecule has 2 N–H and O–H groups in total. The molecule has 1 amide bonds. The van der Waals surface area contributed by atoms with E-state index in [4.69, 9.17) is 0 Å². The van der Waals surface area contributed by atoms with E-state index in [1.165, 1.54) is 11.5 Å². The van der Waals surface area contributed by atoms with Gasteiger partial charge in [-0.15, -0.1) is 0 Å².